The molecular weight excluding hydrogens is 447 g/mol. The van der Waals surface area contributed by atoms with E-state index in [1.807, 2.05) is 19.1 Å². The maximum absolute atomic E-state index is 14.4. The monoisotopic (exact) mass is 470 g/mol. The van der Waals surface area contributed by atoms with E-state index in [9.17, 15) is 26.7 Å². The summed E-state index contributed by atoms with van der Waals surface area (Å²) in [6.07, 6.45) is -4.06. The molecule has 0 aliphatic carbocycles. The molecule has 1 aromatic carbocycles. The number of hydrogen-bond donors (Lipinski definition) is 1. The number of piperidine rings is 2. The number of benzene rings is 1. The van der Waals surface area contributed by atoms with Crippen LogP contribution >= 0.6 is 11.6 Å². The summed E-state index contributed by atoms with van der Waals surface area (Å²) in [5, 5.41) is 7.75. The Balaban J connectivity index is 0.000000423. The van der Waals surface area contributed by atoms with Crippen molar-refractivity contribution in [2.45, 2.75) is 44.8 Å². The molecule has 0 radical (unpaired) electrons. The fourth-order valence-corrected chi connectivity index (χ4v) is 4.27. The first kappa shape index (κ1) is 25.3. The van der Waals surface area contributed by atoms with Gasteiger partial charge in [0.2, 0.25) is 5.91 Å². The van der Waals surface area contributed by atoms with Crippen molar-refractivity contribution in [3.05, 3.63) is 34.9 Å². The van der Waals surface area contributed by atoms with Gasteiger partial charge in [-0.3, -0.25) is 9.69 Å². The van der Waals surface area contributed by atoms with Gasteiger partial charge in [-0.2, -0.15) is 13.2 Å². The molecule has 2 heterocycles. The van der Waals surface area contributed by atoms with Gasteiger partial charge in [-0.15, -0.1) is 0 Å². The molecule has 0 aromatic heterocycles. The van der Waals surface area contributed by atoms with Crippen molar-refractivity contribution in [1.82, 2.24) is 9.80 Å². The molecule has 2 aliphatic rings. The Morgan fingerprint density at radius 1 is 1.19 bits per heavy atom. The first-order valence-electron chi connectivity index (χ1n) is 9.72. The summed E-state index contributed by atoms with van der Waals surface area (Å²) in [5.41, 5.74) is -0.00883. The van der Waals surface area contributed by atoms with Gasteiger partial charge >= 0.3 is 12.1 Å². The highest BCUT2D eigenvalue weighted by molar-refractivity contribution is 6.30. The average Bonchev–Trinajstić information content (AvgIpc) is 2.64. The van der Waals surface area contributed by atoms with Gasteiger partial charge in [0, 0.05) is 37.6 Å². The molecule has 2 fully saturated rings. The number of likely N-dealkylation sites (tertiary alicyclic amines) is 2. The molecule has 0 saturated carbocycles. The van der Waals surface area contributed by atoms with Crippen LogP contribution in [0.1, 0.15) is 31.7 Å². The highest BCUT2D eigenvalue weighted by atomic mass is 35.5. The first-order chi connectivity index (χ1) is 14.3. The van der Waals surface area contributed by atoms with E-state index in [0.717, 1.165) is 12.0 Å². The van der Waals surface area contributed by atoms with Crippen molar-refractivity contribution in [2.24, 2.45) is 5.41 Å². The van der Waals surface area contributed by atoms with Crippen LogP contribution in [0.25, 0.3) is 0 Å². The second-order valence-corrected chi connectivity index (χ2v) is 8.31. The smallest absolute Gasteiger partial charge is 0.475 e. The van der Waals surface area contributed by atoms with Gasteiger partial charge in [0.1, 0.15) is 0 Å². The summed E-state index contributed by atoms with van der Waals surface area (Å²) >= 11 is 5.88. The van der Waals surface area contributed by atoms with Crippen LogP contribution in [-0.2, 0) is 16.1 Å². The number of amides is 1. The van der Waals surface area contributed by atoms with E-state index >= 15 is 0 Å². The van der Waals surface area contributed by atoms with E-state index in [4.69, 9.17) is 21.5 Å². The van der Waals surface area contributed by atoms with E-state index in [2.05, 4.69) is 0 Å². The summed E-state index contributed by atoms with van der Waals surface area (Å²) in [4.78, 5) is 25.2. The van der Waals surface area contributed by atoms with Crippen LogP contribution in [0.4, 0.5) is 22.0 Å². The molecule has 1 N–H and O–H groups in total. The first-order valence-corrected chi connectivity index (χ1v) is 10.1. The Labute approximate surface area is 181 Å². The molecule has 2 aliphatic heterocycles. The third-order valence-electron chi connectivity index (χ3n) is 5.35. The number of nitrogens with zero attached hydrogens (tertiary/aromatic N) is 2. The van der Waals surface area contributed by atoms with E-state index in [0.29, 0.717) is 37.6 Å². The van der Waals surface area contributed by atoms with E-state index in [-0.39, 0.29) is 18.9 Å². The van der Waals surface area contributed by atoms with Crippen molar-refractivity contribution >= 4 is 23.5 Å². The quantitative estimate of drug-likeness (QED) is 0.663. The molecule has 11 heteroatoms. The summed E-state index contributed by atoms with van der Waals surface area (Å²) in [5.74, 6) is -5.69. The lowest BCUT2D eigenvalue weighted by molar-refractivity contribution is -0.192. The van der Waals surface area contributed by atoms with Crippen molar-refractivity contribution < 1.29 is 36.6 Å². The number of rotatable bonds is 3. The maximum Gasteiger partial charge on any atom is 0.490 e. The number of carbonyl (C=O) groups excluding carboxylic acids is 1. The van der Waals surface area contributed by atoms with Gasteiger partial charge in [0.15, 0.2) is 0 Å². The molecule has 0 bridgehead atoms. The van der Waals surface area contributed by atoms with Crippen LogP contribution in [0.5, 0.6) is 0 Å². The molecule has 1 aromatic rings. The van der Waals surface area contributed by atoms with Crippen LogP contribution in [0.3, 0.4) is 0 Å². The second-order valence-electron chi connectivity index (χ2n) is 7.88. The summed E-state index contributed by atoms with van der Waals surface area (Å²) < 4.78 is 60.6. The topological polar surface area (TPSA) is 60.9 Å². The Hall–Kier alpha value is -1.94. The lowest BCUT2D eigenvalue weighted by Gasteiger charge is -2.49. The Kier molecular flexibility index (Phi) is 7.91. The minimum absolute atomic E-state index is 0.100. The minimum atomic E-state index is -5.08. The Morgan fingerprint density at radius 2 is 1.77 bits per heavy atom. The van der Waals surface area contributed by atoms with E-state index < -0.39 is 23.5 Å². The molecule has 3 rings (SSSR count). The number of hydrogen-bond acceptors (Lipinski definition) is 3. The van der Waals surface area contributed by atoms with Crippen molar-refractivity contribution in [3.63, 3.8) is 0 Å². The third-order valence-corrected chi connectivity index (χ3v) is 5.60. The summed E-state index contributed by atoms with van der Waals surface area (Å²) in [7, 11) is 0. The minimum Gasteiger partial charge on any atom is -0.475 e. The van der Waals surface area contributed by atoms with Gasteiger partial charge < -0.3 is 10.0 Å². The molecule has 1 atom stereocenters. The highest BCUT2D eigenvalue weighted by Crippen LogP contribution is 2.45. The molecule has 2 saturated heterocycles. The Bertz CT molecular complexity index is 788. The predicted molar refractivity (Wildman–Crippen MR) is 104 cm³/mol. The zero-order chi connectivity index (χ0) is 23.4. The van der Waals surface area contributed by atoms with Gasteiger partial charge in [-0.05, 0) is 37.5 Å². The fraction of sp³-hybridized carbons (Fsp3) is 0.600. The molecular formula is C20H24ClF5N2O3. The number of halogens is 6. The molecule has 1 spiro atoms. The van der Waals surface area contributed by atoms with Gasteiger partial charge in [0.25, 0.3) is 5.92 Å². The standard InChI is InChI=1S/C18H23ClF2N2O.C2HF3O2/c1-2-23-9-3-8-17(16(23)24)11-18(20,21)13-22(12-17)10-14-4-6-15(19)7-5-14;3-2(4,5)1(6)7/h4-7H,2-3,8-13H2,1H3;(H,6,7). The van der Waals surface area contributed by atoms with Crippen LogP contribution in [0.15, 0.2) is 24.3 Å². The lowest BCUT2D eigenvalue weighted by atomic mass is 9.71. The molecule has 1 amide bonds. The number of aliphatic carboxylic acids is 1. The van der Waals surface area contributed by atoms with E-state index in [1.54, 1.807) is 21.9 Å². The van der Waals surface area contributed by atoms with Crippen LogP contribution < -0.4 is 0 Å². The lowest BCUT2D eigenvalue weighted by Crippen LogP contribution is -2.60. The normalized spacial score (nSPS) is 24.0. The van der Waals surface area contributed by atoms with Crippen molar-refractivity contribution in [2.75, 3.05) is 26.2 Å². The maximum atomic E-state index is 14.4. The van der Waals surface area contributed by atoms with Crippen LogP contribution in [0.2, 0.25) is 5.02 Å². The average molecular weight is 471 g/mol. The van der Waals surface area contributed by atoms with E-state index in [1.165, 1.54) is 0 Å². The molecule has 5 nitrogen and oxygen atoms in total. The van der Waals surface area contributed by atoms with Gasteiger partial charge in [-0.25, -0.2) is 13.6 Å². The van der Waals surface area contributed by atoms with Crippen LogP contribution in [0, 0.1) is 5.41 Å². The molecule has 31 heavy (non-hydrogen) atoms. The number of carboxylic acid groups (broad SMARTS) is 1. The fourth-order valence-electron chi connectivity index (χ4n) is 4.14. The largest absolute Gasteiger partial charge is 0.490 e. The SMILES string of the molecule is CCN1CCCC2(CN(Cc3ccc(Cl)cc3)CC(F)(F)C2)C1=O.O=C(O)C(F)(F)F. The summed E-state index contributed by atoms with van der Waals surface area (Å²) in [6, 6.07) is 7.23. The van der Waals surface area contributed by atoms with Crippen molar-refractivity contribution in [1.29, 1.82) is 0 Å². The zero-order valence-corrected chi connectivity index (χ0v) is 17.6. The number of carbonyl (C=O) groups is 2. The molecule has 174 valence electrons. The summed E-state index contributed by atoms with van der Waals surface area (Å²) in [6.45, 7) is 3.69. The van der Waals surface area contributed by atoms with Gasteiger partial charge in [0.05, 0.1) is 12.0 Å². The van der Waals surface area contributed by atoms with Crippen LogP contribution in [-0.4, -0.2) is 65.1 Å². The highest BCUT2D eigenvalue weighted by Gasteiger charge is 2.54. The predicted octanol–water partition coefficient (Wildman–Crippen LogP) is 4.44. The Morgan fingerprint density at radius 3 is 2.29 bits per heavy atom. The molecule has 1 unspecified atom stereocenters. The third kappa shape index (κ3) is 6.77. The number of alkyl halides is 5. The zero-order valence-electron chi connectivity index (χ0n) is 16.9. The second kappa shape index (κ2) is 9.68. The van der Waals surface area contributed by atoms with Gasteiger partial charge in [-0.1, -0.05) is 23.7 Å². The van der Waals surface area contributed by atoms with Crippen molar-refractivity contribution in [3.8, 4) is 0 Å². The number of carboxylic acids is 1.